The van der Waals surface area contributed by atoms with Gasteiger partial charge >= 0.3 is 5.97 Å². The second-order valence-corrected chi connectivity index (χ2v) is 13.2. The number of hydrogen-bond acceptors (Lipinski definition) is 8. The molecular formula is C36H50F2N5O4+. The quantitative estimate of drug-likeness (QED) is 0.0906. The van der Waals surface area contributed by atoms with Gasteiger partial charge in [0.05, 0.1) is 43.0 Å². The summed E-state index contributed by atoms with van der Waals surface area (Å²) in [5, 5.41) is 24.3. The maximum Gasteiger partial charge on any atom is 0.313 e. The summed E-state index contributed by atoms with van der Waals surface area (Å²) in [6, 6.07) is 9.97. The molecule has 0 aliphatic heterocycles. The molecule has 11 heteroatoms. The lowest BCUT2D eigenvalue weighted by Crippen LogP contribution is -2.51. The topological polar surface area (TPSA) is 117 Å². The molecule has 1 fully saturated rings. The summed E-state index contributed by atoms with van der Waals surface area (Å²) >= 11 is 0. The molecule has 3 aromatic heterocycles. The van der Waals surface area contributed by atoms with Crippen molar-refractivity contribution in [2.45, 2.75) is 91.3 Å². The van der Waals surface area contributed by atoms with Gasteiger partial charge in [-0.1, -0.05) is 0 Å². The first-order chi connectivity index (χ1) is 22.4. The Kier molecular flexibility index (Phi) is 12.4. The van der Waals surface area contributed by atoms with Gasteiger partial charge in [-0.2, -0.15) is 0 Å². The summed E-state index contributed by atoms with van der Waals surface area (Å²) in [5.41, 5.74) is 1.56. The highest BCUT2D eigenvalue weighted by Gasteiger charge is 2.40. The molecule has 256 valence electrons. The molecule has 1 saturated carbocycles. The number of quaternary nitrogens is 1. The van der Waals surface area contributed by atoms with Crippen LogP contribution in [0.15, 0.2) is 48.8 Å². The highest BCUT2D eigenvalue weighted by Crippen LogP contribution is 2.41. The molecule has 2 atom stereocenters. The summed E-state index contributed by atoms with van der Waals surface area (Å²) in [7, 11) is 0. The van der Waals surface area contributed by atoms with Crippen LogP contribution < -0.4 is 5.32 Å². The lowest BCUT2D eigenvalue weighted by molar-refractivity contribution is -0.940. The van der Waals surface area contributed by atoms with E-state index in [0.29, 0.717) is 54.1 Å². The van der Waals surface area contributed by atoms with Gasteiger partial charge in [0.2, 0.25) is 6.73 Å². The Bertz CT molecular complexity index is 1460. The lowest BCUT2D eigenvalue weighted by atomic mass is 9.73. The summed E-state index contributed by atoms with van der Waals surface area (Å²) in [4.78, 5) is 26.5. The first kappa shape index (κ1) is 36.3. The maximum absolute atomic E-state index is 13.1. The average Bonchev–Trinajstić information content (AvgIpc) is 3.06. The number of aryl methyl sites for hydroxylation is 1. The molecule has 0 aromatic carbocycles. The molecule has 47 heavy (non-hydrogen) atoms. The monoisotopic (exact) mass is 654 g/mol. The van der Waals surface area contributed by atoms with Crippen LogP contribution >= 0.6 is 0 Å². The number of rotatable bonds is 15. The molecule has 1 aliphatic carbocycles. The van der Waals surface area contributed by atoms with Crippen molar-refractivity contribution in [3.63, 3.8) is 0 Å². The van der Waals surface area contributed by atoms with Crippen LogP contribution in [0.2, 0.25) is 0 Å². The summed E-state index contributed by atoms with van der Waals surface area (Å²) < 4.78 is 32.8. The van der Waals surface area contributed by atoms with Gasteiger partial charge in [0.1, 0.15) is 17.2 Å². The molecule has 3 N–H and O–H groups in total. The van der Waals surface area contributed by atoms with E-state index in [2.05, 4.69) is 34.1 Å². The van der Waals surface area contributed by atoms with Gasteiger partial charge in [0, 0.05) is 23.5 Å². The molecule has 3 aromatic rings. The van der Waals surface area contributed by atoms with E-state index in [-0.39, 0.29) is 35.3 Å². The Morgan fingerprint density at radius 1 is 1.09 bits per heavy atom. The largest absolute Gasteiger partial charge is 0.415 e. The fraction of sp³-hybridized carbons (Fsp3) is 0.556. The number of pyridine rings is 3. The summed E-state index contributed by atoms with van der Waals surface area (Å²) in [6.45, 7) is 12.6. The predicted molar refractivity (Wildman–Crippen MR) is 178 cm³/mol. The number of halogens is 2. The number of hydrogen-bond donors (Lipinski definition) is 3. The van der Waals surface area contributed by atoms with Crippen molar-refractivity contribution < 1.29 is 33.0 Å². The van der Waals surface area contributed by atoms with Crippen molar-refractivity contribution in [3.8, 4) is 11.3 Å². The van der Waals surface area contributed by atoms with E-state index in [9.17, 15) is 23.8 Å². The van der Waals surface area contributed by atoms with Crippen LogP contribution in [0.25, 0.3) is 11.3 Å². The van der Waals surface area contributed by atoms with E-state index in [0.717, 1.165) is 43.6 Å². The predicted octanol–water partition coefficient (Wildman–Crippen LogP) is 7.06. The minimum absolute atomic E-state index is 0.0593. The number of nitrogens with one attached hydrogen (secondary N) is 1. The fourth-order valence-corrected chi connectivity index (χ4v) is 6.43. The molecule has 3 heterocycles. The minimum Gasteiger partial charge on any atom is -0.415 e. The Morgan fingerprint density at radius 3 is 2.43 bits per heavy atom. The molecule has 4 rings (SSSR count). The molecule has 9 nitrogen and oxygen atoms in total. The molecule has 1 aliphatic rings. The van der Waals surface area contributed by atoms with Crippen molar-refractivity contribution in [2.24, 2.45) is 11.8 Å². The average molecular weight is 655 g/mol. The number of esters is 1. The second kappa shape index (κ2) is 16.0. The van der Waals surface area contributed by atoms with Gasteiger partial charge in [-0.25, -0.2) is 18.7 Å². The molecule has 0 amide bonds. The third kappa shape index (κ3) is 9.52. The highest BCUT2D eigenvalue weighted by atomic mass is 19.3. The zero-order valence-electron chi connectivity index (χ0n) is 28.3. The van der Waals surface area contributed by atoms with Gasteiger partial charge in [0.25, 0.3) is 6.43 Å². The third-order valence-corrected chi connectivity index (χ3v) is 9.77. The van der Waals surface area contributed by atoms with E-state index in [4.69, 9.17) is 4.74 Å². The normalized spacial score (nSPS) is 18.9. The zero-order valence-corrected chi connectivity index (χ0v) is 28.3. The first-order valence-corrected chi connectivity index (χ1v) is 16.7. The van der Waals surface area contributed by atoms with Gasteiger partial charge in [-0.3, -0.25) is 14.3 Å². The van der Waals surface area contributed by atoms with Crippen molar-refractivity contribution in [3.05, 3.63) is 65.6 Å². The van der Waals surface area contributed by atoms with E-state index in [1.165, 1.54) is 18.3 Å². The standard InChI is InChI=1S/C36H50F2N5O4/c1-6-43(7-2,18-8-9-25(4)44)23-47-35(45)26-10-13-29(14-11-26)36(5,46)31-15-12-28(22-40-31)30-19-24(3)20-33(41-30)42-32-21-27(34(37)38)16-17-39-32/h12,15-17,19-22,25-26,29,34,44,46H,6-11,13-14,18,23H2,1-5H3,(H,39,41,42)/q+1/t25?,26-,29-,36-/m1/s1. The maximum atomic E-state index is 13.1. The van der Waals surface area contributed by atoms with E-state index < -0.39 is 12.0 Å². The number of nitrogens with zero attached hydrogens (tertiary/aromatic N) is 4. The molecule has 0 bridgehead atoms. The van der Waals surface area contributed by atoms with Crippen molar-refractivity contribution in [1.29, 1.82) is 0 Å². The smallest absolute Gasteiger partial charge is 0.313 e. The number of carbonyl (C=O) groups is 1. The Morgan fingerprint density at radius 2 is 1.81 bits per heavy atom. The van der Waals surface area contributed by atoms with Crippen molar-refractivity contribution in [2.75, 3.05) is 31.7 Å². The van der Waals surface area contributed by atoms with Crippen LogP contribution in [-0.4, -0.2) is 68.1 Å². The van der Waals surface area contributed by atoms with E-state index in [1.807, 2.05) is 31.2 Å². The Labute approximate surface area is 277 Å². The van der Waals surface area contributed by atoms with E-state index in [1.54, 1.807) is 20.0 Å². The number of aliphatic hydroxyl groups excluding tert-OH is 1. The molecule has 0 saturated heterocycles. The van der Waals surface area contributed by atoms with Gasteiger partial charge in [-0.05, 0) is 121 Å². The highest BCUT2D eigenvalue weighted by molar-refractivity contribution is 5.72. The Balaban J connectivity index is 1.35. The van der Waals surface area contributed by atoms with Gasteiger partial charge < -0.3 is 20.3 Å². The van der Waals surface area contributed by atoms with Crippen molar-refractivity contribution >= 4 is 17.6 Å². The van der Waals surface area contributed by atoms with Gasteiger partial charge in [0.15, 0.2) is 0 Å². The zero-order chi connectivity index (χ0) is 34.2. The summed E-state index contributed by atoms with van der Waals surface area (Å²) in [5.74, 6) is 0.334. The van der Waals surface area contributed by atoms with E-state index >= 15 is 0 Å². The summed E-state index contributed by atoms with van der Waals surface area (Å²) in [6.07, 6.45) is 4.36. The van der Waals surface area contributed by atoms with Crippen LogP contribution in [0.1, 0.15) is 89.5 Å². The fourth-order valence-electron chi connectivity index (χ4n) is 6.43. The van der Waals surface area contributed by atoms with Gasteiger partial charge in [-0.15, -0.1) is 0 Å². The van der Waals surface area contributed by atoms with Crippen LogP contribution in [0.4, 0.5) is 20.4 Å². The number of aliphatic hydroxyl groups is 2. The van der Waals surface area contributed by atoms with Crippen molar-refractivity contribution in [1.82, 2.24) is 15.0 Å². The lowest BCUT2D eigenvalue weighted by Gasteiger charge is -2.38. The number of aromatic nitrogens is 3. The van der Waals surface area contributed by atoms with Crippen LogP contribution in [-0.2, 0) is 15.1 Å². The molecular weight excluding hydrogens is 604 g/mol. The Hall–Kier alpha value is -3.54. The third-order valence-electron chi connectivity index (χ3n) is 9.77. The second-order valence-electron chi connectivity index (χ2n) is 13.2. The molecule has 0 spiro atoms. The number of carbonyl (C=O) groups excluding carboxylic acids is 1. The number of ether oxygens (including phenoxy) is 1. The van der Waals surface area contributed by atoms with Crippen LogP contribution in [0, 0.1) is 18.8 Å². The van der Waals surface area contributed by atoms with Crippen LogP contribution in [0.5, 0.6) is 0 Å². The molecule has 0 radical (unpaired) electrons. The molecule has 1 unspecified atom stereocenters. The number of anilines is 2. The minimum atomic E-state index is -2.60. The SMILES string of the molecule is CC[N+](CC)(CCCC(C)O)COC(=O)[C@H]1CC[C@H]([C@@](C)(O)c2ccc(-c3cc(C)cc(Nc4cc(C(F)F)ccn4)n3)cn2)CC1. The number of alkyl halides is 2. The van der Waals surface area contributed by atoms with Crippen LogP contribution in [0.3, 0.4) is 0 Å². The first-order valence-electron chi connectivity index (χ1n) is 16.7.